The summed E-state index contributed by atoms with van der Waals surface area (Å²) in [7, 11) is 0. The van der Waals surface area contributed by atoms with Gasteiger partial charge < -0.3 is 0 Å². The van der Waals surface area contributed by atoms with Gasteiger partial charge in [-0.05, 0) is 24.9 Å². The van der Waals surface area contributed by atoms with Crippen LogP contribution >= 0.6 is 23.5 Å². The molecule has 0 N–H and O–H groups in total. The average molecular weight is 174 g/mol. The molecule has 1 saturated heterocycles. The molecule has 1 fully saturated rings. The highest BCUT2D eigenvalue weighted by molar-refractivity contribution is 8.01. The van der Waals surface area contributed by atoms with Crippen LogP contribution in [0.25, 0.3) is 0 Å². The Morgan fingerprint density at radius 2 is 2.30 bits per heavy atom. The summed E-state index contributed by atoms with van der Waals surface area (Å²) in [5.74, 6) is 3.81. The number of rotatable bonds is 0. The molecule has 1 unspecified atom stereocenters. The molecule has 0 amide bonds. The molecule has 1 rings (SSSR count). The first kappa shape index (κ1) is 8.54. The summed E-state index contributed by atoms with van der Waals surface area (Å²) in [5, 5.41) is 0.688. The van der Waals surface area contributed by atoms with Crippen molar-refractivity contribution in [3.05, 3.63) is 12.2 Å². The summed E-state index contributed by atoms with van der Waals surface area (Å²) in [4.78, 5) is 0. The number of thioether (sulfide) groups is 2. The van der Waals surface area contributed by atoms with Crippen LogP contribution in [0.5, 0.6) is 0 Å². The van der Waals surface area contributed by atoms with Gasteiger partial charge in [-0.3, -0.25) is 0 Å². The van der Waals surface area contributed by atoms with Crippen molar-refractivity contribution in [2.24, 2.45) is 0 Å². The van der Waals surface area contributed by atoms with Crippen molar-refractivity contribution in [3.63, 3.8) is 0 Å². The van der Waals surface area contributed by atoms with E-state index in [0.29, 0.717) is 5.25 Å². The second-order valence-electron chi connectivity index (χ2n) is 2.58. The van der Waals surface area contributed by atoms with E-state index < -0.39 is 0 Å². The molecule has 0 aromatic heterocycles. The zero-order valence-electron chi connectivity index (χ0n) is 6.43. The van der Waals surface area contributed by atoms with Crippen LogP contribution < -0.4 is 0 Å². The van der Waals surface area contributed by atoms with Gasteiger partial charge in [0.25, 0.3) is 0 Å². The maximum Gasteiger partial charge on any atom is 0.0233 e. The summed E-state index contributed by atoms with van der Waals surface area (Å²) < 4.78 is 0. The molecule has 0 spiro atoms. The molecule has 0 radical (unpaired) electrons. The molecule has 0 aromatic rings. The van der Waals surface area contributed by atoms with Gasteiger partial charge in [-0.15, -0.1) is 0 Å². The molecule has 0 aliphatic carbocycles. The van der Waals surface area contributed by atoms with Crippen LogP contribution in [0.3, 0.4) is 0 Å². The zero-order chi connectivity index (χ0) is 7.40. The normalized spacial score (nSPS) is 29.3. The molecular formula is C8H14S2. The lowest BCUT2D eigenvalue weighted by molar-refractivity contribution is 1.07. The summed E-state index contributed by atoms with van der Waals surface area (Å²) in [6.07, 6.45) is 1.37. The fourth-order valence-electron chi connectivity index (χ4n) is 0.860. The SMILES string of the molecule is C=C1CSCCCSC1C. The standard InChI is InChI=1S/C8H14S2/c1-7-6-9-4-3-5-10-8(7)2/h8H,1,3-6H2,2H3. The number of hydrogen-bond acceptors (Lipinski definition) is 2. The lowest BCUT2D eigenvalue weighted by Gasteiger charge is -2.17. The lowest BCUT2D eigenvalue weighted by Crippen LogP contribution is -2.07. The Bertz CT molecular complexity index is 120. The van der Waals surface area contributed by atoms with Crippen LogP contribution in [0.4, 0.5) is 0 Å². The molecule has 0 saturated carbocycles. The van der Waals surface area contributed by atoms with E-state index in [-0.39, 0.29) is 0 Å². The number of hydrogen-bond donors (Lipinski definition) is 0. The van der Waals surface area contributed by atoms with Gasteiger partial charge >= 0.3 is 0 Å². The first-order chi connectivity index (χ1) is 4.80. The minimum absolute atomic E-state index is 0.688. The molecule has 2 heteroatoms. The summed E-state index contributed by atoms with van der Waals surface area (Å²) >= 11 is 4.08. The van der Waals surface area contributed by atoms with Gasteiger partial charge in [0.15, 0.2) is 0 Å². The van der Waals surface area contributed by atoms with Crippen molar-refractivity contribution in [1.29, 1.82) is 0 Å². The van der Waals surface area contributed by atoms with Crippen molar-refractivity contribution >= 4 is 23.5 Å². The monoisotopic (exact) mass is 174 g/mol. The third-order valence-electron chi connectivity index (χ3n) is 1.66. The smallest absolute Gasteiger partial charge is 0.0233 e. The first-order valence-corrected chi connectivity index (χ1v) is 5.88. The fourth-order valence-corrected chi connectivity index (χ4v) is 3.14. The van der Waals surface area contributed by atoms with Crippen LogP contribution in [-0.4, -0.2) is 22.5 Å². The largest absolute Gasteiger partial charge is 0.158 e. The van der Waals surface area contributed by atoms with Crippen molar-refractivity contribution in [1.82, 2.24) is 0 Å². The van der Waals surface area contributed by atoms with Gasteiger partial charge in [-0.25, -0.2) is 0 Å². The second kappa shape index (κ2) is 4.35. The Hall–Kier alpha value is 0.440. The maximum atomic E-state index is 4.06. The zero-order valence-corrected chi connectivity index (χ0v) is 8.06. The van der Waals surface area contributed by atoms with Gasteiger partial charge in [-0.2, -0.15) is 23.5 Å². The van der Waals surface area contributed by atoms with Gasteiger partial charge in [0.05, 0.1) is 0 Å². The molecular weight excluding hydrogens is 160 g/mol. The fraction of sp³-hybridized carbons (Fsp3) is 0.750. The summed E-state index contributed by atoms with van der Waals surface area (Å²) in [6, 6.07) is 0. The molecule has 1 atom stereocenters. The highest BCUT2D eigenvalue weighted by atomic mass is 32.2. The van der Waals surface area contributed by atoms with E-state index in [1.54, 1.807) is 0 Å². The van der Waals surface area contributed by atoms with E-state index in [2.05, 4.69) is 13.5 Å². The minimum atomic E-state index is 0.688. The Morgan fingerprint density at radius 1 is 1.50 bits per heavy atom. The van der Waals surface area contributed by atoms with Crippen molar-refractivity contribution in [3.8, 4) is 0 Å². The Kier molecular flexibility index (Phi) is 3.71. The van der Waals surface area contributed by atoms with Crippen LogP contribution in [0.1, 0.15) is 13.3 Å². The predicted octanol–water partition coefficient (Wildman–Crippen LogP) is 2.80. The van der Waals surface area contributed by atoms with Crippen LogP contribution in [0.2, 0.25) is 0 Å². The van der Waals surface area contributed by atoms with E-state index >= 15 is 0 Å². The van der Waals surface area contributed by atoms with E-state index in [9.17, 15) is 0 Å². The van der Waals surface area contributed by atoms with Gasteiger partial charge in [0.2, 0.25) is 0 Å². The highest BCUT2D eigenvalue weighted by Gasteiger charge is 2.09. The summed E-state index contributed by atoms with van der Waals surface area (Å²) in [6.45, 7) is 6.32. The van der Waals surface area contributed by atoms with E-state index in [0.717, 1.165) is 0 Å². The van der Waals surface area contributed by atoms with E-state index in [1.165, 1.54) is 29.3 Å². The molecule has 10 heavy (non-hydrogen) atoms. The minimum Gasteiger partial charge on any atom is -0.158 e. The third-order valence-corrected chi connectivity index (χ3v) is 4.17. The quantitative estimate of drug-likeness (QED) is 0.518. The second-order valence-corrected chi connectivity index (χ2v) is 5.13. The molecule has 1 aliphatic heterocycles. The molecule has 1 heterocycles. The van der Waals surface area contributed by atoms with E-state index in [4.69, 9.17) is 0 Å². The van der Waals surface area contributed by atoms with Crippen LogP contribution in [0, 0.1) is 0 Å². The Balaban J connectivity index is 2.35. The maximum absolute atomic E-state index is 4.06. The predicted molar refractivity (Wildman–Crippen MR) is 53.0 cm³/mol. The average Bonchev–Trinajstić information content (AvgIpc) is 1.92. The van der Waals surface area contributed by atoms with Gasteiger partial charge in [0.1, 0.15) is 0 Å². The van der Waals surface area contributed by atoms with Crippen molar-refractivity contribution < 1.29 is 0 Å². The molecule has 58 valence electrons. The lowest BCUT2D eigenvalue weighted by atomic mass is 10.3. The Morgan fingerprint density at radius 3 is 3.10 bits per heavy atom. The van der Waals surface area contributed by atoms with Gasteiger partial charge in [-0.1, -0.05) is 12.2 Å². The topological polar surface area (TPSA) is 0 Å². The van der Waals surface area contributed by atoms with Crippen LogP contribution in [0.15, 0.2) is 12.2 Å². The first-order valence-electron chi connectivity index (χ1n) is 3.67. The van der Waals surface area contributed by atoms with E-state index in [1.807, 2.05) is 23.5 Å². The molecule has 1 aliphatic rings. The van der Waals surface area contributed by atoms with Gasteiger partial charge in [0, 0.05) is 11.0 Å². The molecule has 0 aromatic carbocycles. The third kappa shape index (κ3) is 2.59. The van der Waals surface area contributed by atoms with Crippen molar-refractivity contribution in [2.75, 3.05) is 17.3 Å². The van der Waals surface area contributed by atoms with Crippen molar-refractivity contribution in [2.45, 2.75) is 18.6 Å². The van der Waals surface area contributed by atoms with Crippen LogP contribution in [-0.2, 0) is 0 Å². The Labute approximate surface area is 71.8 Å². The molecule has 0 bridgehead atoms. The summed E-state index contributed by atoms with van der Waals surface area (Å²) in [5.41, 5.74) is 1.41. The highest BCUT2D eigenvalue weighted by Crippen LogP contribution is 2.25. The molecule has 0 nitrogen and oxygen atoms in total.